The van der Waals surface area contributed by atoms with Gasteiger partial charge in [0.2, 0.25) is 0 Å². The minimum absolute atomic E-state index is 0.164. The van der Waals surface area contributed by atoms with Gasteiger partial charge >= 0.3 is 12.4 Å². The molecule has 0 saturated heterocycles. The third-order valence-corrected chi connectivity index (χ3v) is 5.19. The molecule has 32 heavy (non-hydrogen) atoms. The van der Waals surface area contributed by atoms with Crippen LogP contribution in [0.3, 0.4) is 0 Å². The molecule has 0 spiro atoms. The molecule has 1 aromatic heterocycles. The zero-order valence-corrected chi connectivity index (χ0v) is 17.4. The van der Waals surface area contributed by atoms with E-state index in [1.807, 2.05) is 0 Å². The Balaban J connectivity index is 2.37. The molecule has 0 radical (unpaired) electrons. The summed E-state index contributed by atoms with van der Waals surface area (Å²) in [6.07, 6.45) is -8.71. The molecule has 3 N–H and O–H groups in total. The predicted octanol–water partition coefficient (Wildman–Crippen LogP) is 6.17. The van der Waals surface area contributed by atoms with Crippen molar-refractivity contribution in [3.63, 3.8) is 0 Å². The average Bonchev–Trinajstić information content (AvgIpc) is 3.09. The van der Waals surface area contributed by atoms with Crippen LogP contribution in [0.2, 0.25) is 0 Å². The zero-order chi connectivity index (χ0) is 23.7. The van der Waals surface area contributed by atoms with Gasteiger partial charge in [0.15, 0.2) is 0 Å². The molecular formula is C22H22F6N2O2. The van der Waals surface area contributed by atoms with Crippen molar-refractivity contribution in [1.82, 2.24) is 4.98 Å². The molecule has 1 heterocycles. The molecule has 0 fully saturated rings. The zero-order valence-electron chi connectivity index (χ0n) is 17.4. The fourth-order valence-electron chi connectivity index (χ4n) is 3.72. The summed E-state index contributed by atoms with van der Waals surface area (Å²) in [5.74, 6) is 0.766. The molecule has 0 unspecified atom stereocenters. The number of alkyl halides is 6. The van der Waals surface area contributed by atoms with Crippen LogP contribution in [0.4, 0.5) is 26.3 Å². The van der Waals surface area contributed by atoms with Gasteiger partial charge in [-0.25, -0.2) is 0 Å². The van der Waals surface area contributed by atoms with Crippen molar-refractivity contribution >= 4 is 10.9 Å². The first-order valence-electron chi connectivity index (χ1n) is 9.76. The number of methoxy groups -OCH3 is 2. The van der Waals surface area contributed by atoms with Gasteiger partial charge in [-0.2, -0.15) is 26.3 Å². The van der Waals surface area contributed by atoms with Crippen molar-refractivity contribution < 1.29 is 35.8 Å². The van der Waals surface area contributed by atoms with Gasteiger partial charge in [0.25, 0.3) is 0 Å². The van der Waals surface area contributed by atoms with E-state index >= 15 is 0 Å². The lowest BCUT2D eigenvalue weighted by atomic mass is 9.95. The first-order chi connectivity index (χ1) is 15.0. The molecule has 4 nitrogen and oxygen atoms in total. The number of nitrogens with two attached hydrogens (primary N) is 1. The number of hydrogen-bond donors (Lipinski definition) is 2. The minimum Gasteiger partial charge on any atom is -0.497 e. The van der Waals surface area contributed by atoms with Crippen LogP contribution in [0.5, 0.6) is 11.5 Å². The van der Waals surface area contributed by atoms with Gasteiger partial charge < -0.3 is 20.2 Å². The maximum Gasteiger partial charge on any atom is 0.417 e. The lowest BCUT2D eigenvalue weighted by Gasteiger charge is -2.15. The first kappa shape index (κ1) is 23.8. The van der Waals surface area contributed by atoms with E-state index in [-0.39, 0.29) is 34.6 Å². The standard InChI is InChI=1S/C22H22F6N2O2/c1-31-13-6-7-14(18(11-13)32-2)20-15(5-3-4-8-29)19-16(22(26,27)28)9-12(21(23,24)25)10-17(19)30-20/h6-7,9-11,30H,3-5,8,29H2,1-2H3. The lowest BCUT2D eigenvalue weighted by Crippen LogP contribution is -2.11. The summed E-state index contributed by atoms with van der Waals surface area (Å²) in [4.78, 5) is 2.79. The summed E-state index contributed by atoms with van der Waals surface area (Å²) < 4.78 is 92.1. The summed E-state index contributed by atoms with van der Waals surface area (Å²) in [5, 5.41) is -0.282. The number of fused-ring (bicyclic) bond motifs is 1. The summed E-state index contributed by atoms with van der Waals surface area (Å²) in [6, 6.07) is 5.61. The van der Waals surface area contributed by atoms with Gasteiger partial charge in [-0.05, 0) is 55.6 Å². The minimum atomic E-state index is -4.98. The van der Waals surface area contributed by atoms with Crippen LogP contribution in [-0.4, -0.2) is 25.7 Å². The Labute approximate surface area is 180 Å². The molecule has 0 saturated carbocycles. The second kappa shape index (κ2) is 8.93. The number of rotatable bonds is 7. The number of halogens is 6. The van der Waals surface area contributed by atoms with Crippen LogP contribution >= 0.6 is 0 Å². The van der Waals surface area contributed by atoms with E-state index in [1.165, 1.54) is 14.2 Å². The van der Waals surface area contributed by atoms with Crippen LogP contribution in [0.15, 0.2) is 30.3 Å². The van der Waals surface area contributed by atoms with Gasteiger partial charge in [-0.15, -0.1) is 0 Å². The molecule has 0 amide bonds. The summed E-state index contributed by atoms with van der Waals surface area (Å²) in [5.41, 5.74) is 3.51. The molecule has 3 rings (SSSR count). The van der Waals surface area contributed by atoms with Crippen molar-refractivity contribution in [1.29, 1.82) is 0 Å². The van der Waals surface area contributed by atoms with E-state index in [0.717, 1.165) is 0 Å². The molecule has 3 aromatic rings. The van der Waals surface area contributed by atoms with Crippen LogP contribution in [-0.2, 0) is 18.8 Å². The molecule has 0 atom stereocenters. The second-order valence-corrected chi connectivity index (χ2v) is 7.23. The van der Waals surface area contributed by atoms with Crippen molar-refractivity contribution in [2.45, 2.75) is 31.6 Å². The Morgan fingerprint density at radius 2 is 1.62 bits per heavy atom. The Bertz CT molecular complexity index is 1100. The monoisotopic (exact) mass is 460 g/mol. The third kappa shape index (κ3) is 4.64. The normalized spacial score (nSPS) is 12.4. The number of nitrogens with one attached hydrogen (secondary N) is 1. The maximum atomic E-state index is 13.9. The number of unbranched alkanes of at least 4 members (excludes halogenated alkanes) is 1. The molecular weight excluding hydrogens is 438 g/mol. The fourth-order valence-corrected chi connectivity index (χ4v) is 3.72. The van der Waals surface area contributed by atoms with Crippen LogP contribution in [0, 0.1) is 0 Å². The highest BCUT2D eigenvalue weighted by Gasteiger charge is 2.39. The third-order valence-electron chi connectivity index (χ3n) is 5.19. The highest BCUT2D eigenvalue weighted by atomic mass is 19.4. The number of aromatic nitrogens is 1. The van der Waals surface area contributed by atoms with Crippen LogP contribution in [0.1, 0.15) is 29.5 Å². The molecule has 0 aliphatic carbocycles. The highest BCUT2D eigenvalue weighted by Crippen LogP contribution is 2.45. The number of benzene rings is 2. The number of aromatic amines is 1. The van der Waals surface area contributed by atoms with Crippen LogP contribution in [0.25, 0.3) is 22.2 Å². The smallest absolute Gasteiger partial charge is 0.417 e. The summed E-state index contributed by atoms with van der Waals surface area (Å²) in [7, 11) is 2.84. The number of ether oxygens (including phenoxy) is 2. The number of hydrogen-bond acceptors (Lipinski definition) is 3. The first-order valence-corrected chi connectivity index (χ1v) is 9.76. The highest BCUT2D eigenvalue weighted by molar-refractivity contribution is 5.95. The van der Waals surface area contributed by atoms with Gasteiger partial charge in [0.1, 0.15) is 11.5 Å². The maximum absolute atomic E-state index is 13.9. The van der Waals surface area contributed by atoms with E-state index in [9.17, 15) is 26.3 Å². The van der Waals surface area contributed by atoms with Crippen molar-refractivity contribution in [2.75, 3.05) is 20.8 Å². The van der Waals surface area contributed by atoms with Crippen molar-refractivity contribution in [2.24, 2.45) is 5.73 Å². The van der Waals surface area contributed by atoms with Crippen molar-refractivity contribution in [3.05, 3.63) is 47.0 Å². The Morgan fingerprint density at radius 3 is 2.19 bits per heavy atom. The largest absolute Gasteiger partial charge is 0.497 e. The number of aryl methyl sites for hydroxylation is 1. The van der Waals surface area contributed by atoms with Crippen LogP contribution < -0.4 is 15.2 Å². The molecule has 0 aliphatic heterocycles. The Morgan fingerprint density at radius 1 is 0.906 bits per heavy atom. The Hall–Kier alpha value is -2.88. The molecule has 2 aromatic carbocycles. The topological polar surface area (TPSA) is 60.3 Å². The second-order valence-electron chi connectivity index (χ2n) is 7.23. The van der Waals surface area contributed by atoms with E-state index in [2.05, 4.69) is 4.98 Å². The van der Waals surface area contributed by atoms with Crippen molar-refractivity contribution in [3.8, 4) is 22.8 Å². The molecule has 174 valence electrons. The van der Waals surface area contributed by atoms with Gasteiger partial charge in [0, 0.05) is 22.5 Å². The SMILES string of the molecule is COc1ccc(-c2[nH]c3cc(C(F)(F)F)cc(C(F)(F)F)c3c2CCCCN)c(OC)c1. The lowest BCUT2D eigenvalue weighted by molar-refractivity contribution is -0.142. The molecule has 10 heteroatoms. The predicted molar refractivity (Wildman–Crippen MR) is 109 cm³/mol. The average molecular weight is 460 g/mol. The van der Waals surface area contributed by atoms with E-state index in [1.54, 1.807) is 18.2 Å². The Kier molecular flexibility index (Phi) is 6.64. The van der Waals surface area contributed by atoms with Gasteiger partial charge in [-0.1, -0.05) is 0 Å². The number of H-pyrrole nitrogens is 1. The molecule has 0 bridgehead atoms. The quantitative estimate of drug-likeness (QED) is 0.327. The van der Waals surface area contributed by atoms with E-state index in [4.69, 9.17) is 15.2 Å². The summed E-state index contributed by atoms with van der Waals surface area (Å²) in [6.45, 7) is 0.341. The molecule has 0 aliphatic rings. The van der Waals surface area contributed by atoms with Gasteiger partial charge in [0.05, 0.1) is 31.0 Å². The van der Waals surface area contributed by atoms with E-state index in [0.29, 0.717) is 42.5 Å². The summed E-state index contributed by atoms with van der Waals surface area (Å²) >= 11 is 0. The van der Waals surface area contributed by atoms with E-state index < -0.39 is 23.5 Å². The fraction of sp³-hybridized carbons (Fsp3) is 0.364. The van der Waals surface area contributed by atoms with Gasteiger partial charge in [-0.3, -0.25) is 0 Å².